The summed E-state index contributed by atoms with van der Waals surface area (Å²) < 4.78 is 0. The van der Waals surface area contributed by atoms with Crippen molar-refractivity contribution in [2.24, 2.45) is 17.8 Å². The molecule has 0 heterocycles. The van der Waals surface area contributed by atoms with Crippen LogP contribution in [0.3, 0.4) is 0 Å². The molecule has 2 aliphatic rings. The molecular weight excluding hydrogens is 200 g/mol. The molecule has 0 amide bonds. The van der Waals surface area contributed by atoms with Gasteiger partial charge in [-0.05, 0) is 62.0 Å². The summed E-state index contributed by atoms with van der Waals surface area (Å²) in [5, 5.41) is 0. The lowest BCUT2D eigenvalue weighted by Gasteiger charge is -2.33. The van der Waals surface area contributed by atoms with Crippen molar-refractivity contribution in [1.82, 2.24) is 0 Å². The lowest BCUT2D eigenvalue weighted by atomic mass is 9.82. The first-order valence-corrected chi connectivity index (χ1v) is 9.01. The maximum absolute atomic E-state index is 2.47. The minimum atomic E-state index is -0.329. The van der Waals surface area contributed by atoms with Crippen LogP contribution in [0.5, 0.6) is 0 Å². The van der Waals surface area contributed by atoms with Gasteiger partial charge in [0.2, 0.25) is 0 Å². The van der Waals surface area contributed by atoms with Crippen LogP contribution < -0.4 is 0 Å². The van der Waals surface area contributed by atoms with Crippen LogP contribution in [0.2, 0.25) is 0 Å². The molecule has 2 aliphatic carbocycles. The van der Waals surface area contributed by atoms with Gasteiger partial charge in [0, 0.05) is 0 Å². The Kier molecular flexibility index (Phi) is 3.03. The highest BCUT2D eigenvalue weighted by Crippen LogP contribution is 2.49. The molecule has 2 rings (SSSR count). The Bertz CT molecular complexity index is 293. The Morgan fingerprint density at radius 1 is 1.27 bits per heavy atom. The van der Waals surface area contributed by atoms with Gasteiger partial charge in [-0.2, -0.15) is 0 Å². The van der Waals surface area contributed by atoms with E-state index in [1.165, 1.54) is 18.6 Å². The second kappa shape index (κ2) is 4.01. The van der Waals surface area contributed by atoms with Gasteiger partial charge in [0.05, 0.1) is 0 Å². The standard InChI is InChI=1S/C14H24S/c1-11-6-5-7-14-12(8-9-13(11)14)10-15(2,3)4/h5-7,12-14H,8-10H2,1-4H3. The number of fused-ring (bicyclic) bond motifs is 1. The summed E-state index contributed by atoms with van der Waals surface area (Å²) >= 11 is 0. The molecule has 0 saturated heterocycles. The number of allylic oxidation sites excluding steroid dienone is 4. The van der Waals surface area contributed by atoms with E-state index in [9.17, 15) is 0 Å². The zero-order chi connectivity index (χ0) is 11.1. The monoisotopic (exact) mass is 224 g/mol. The lowest BCUT2D eigenvalue weighted by molar-refractivity contribution is 0.441. The zero-order valence-electron chi connectivity index (χ0n) is 10.5. The first kappa shape index (κ1) is 11.3. The first-order valence-electron chi connectivity index (χ1n) is 5.98. The normalized spacial score (nSPS) is 36.3. The third-order valence-corrected chi connectivity index (χ3v) is 5.28. The van der Waals surface area contributed by atoms with Gasteiger partial charge in [-0.1, -0.05) is 23.8 Å². The van der Waals surface area contributed by atoms with Crippen molar-refractivity contribution in [3.05, 3.63) is 23.8 Å². The number of hydrogen-bond acceptors (Lipinski definition) is 0. The zero-order valence-corrected chi connectivity index (χ0v) is 11.3. The van der Waals surface area contributed by atoms with E-state index in [1.54, 1.807) is 5.57 Å². The second-order valence-corrected chi connectivity index (χ2v) is 10.6. The Morgan fingerprint density at radius 2 is 2.00 bits per heavy atom. The Morgan fingerprint density at radius 3 is 2.67 bits per heavy atom. The average molecular weight is 224 g/mol. The molecule has 1 fully saturated rings. The summed E-state index contributed by atoms with van der Waals surface area (Å²) in [6, 6.07) is 0. The highest BCUT2D eigenvalue weighted by atomic mass is 32.3. The van der Waals surface area contributed by atoms with Gasteiger partial charge in [-0.25, -0.2) is 10.0 Å². The fourth-order valence-electron chi connectivity index (χ4n) is 3.23. The molecule has 3 atom stereocenters. The summed E-state index contributed by atoms with van der Waals surface area (Å²) in [5.74, 6) is 4.17. The van der Waals surface area contributed by atoms with E-state index in [1.807, 2.05) is 0 Å². The van der Waals surface area contributed by atoms with Crippen LogP contribution >= 0.6 is 10.0 Å². The van der Waals surface area contributed by atoms with Gasteiger partial charge in [-0.3, -0.25) is 0 Å². The van der Waals surface area contributed by atoms with Gasteiger partial charge in [0.15, 0.2) is 0 Å². The number of rotatable bonds is 2. The van der Waals surface area contributed by atoms with Crippen molar-refractivity contribution < 1.29 is 0 Å². The number of hydrogen-bond donors (Lipinski definition) is 0. The van der Waals surface area contributed by atoms with Gasteiger partial charge in [0.25, 0.3) is 0 Å². The third-order valence-electron chi connectivity index (χ3n) is 3.85. The lowest BCUT2D eigenvalue weighted by Crippen LogP contribution is -2.20. The van der Waals surface area contributed by atoms with Gasteiger partial charge in [-0.15, -0.1) is 0 Å². The molecule has 1 saturated carbocycles. The minimum Gasteiger partial charge on any atom is -0.249 e. The molecule has 0 aliphatic heterocycles. The first-order chi connectivity index (χ1) is 6.97. The van der Waals surface area contributed by atoms with Crippen LogP contribution in [0.1, 0.15) is 19.8 Å². The van der Waals surface area contributed by atoms with Crippen LogP contribution in [-0.4, -0.2) is 24.5 Å². The Hall–Kier alpha value is -0.170. The largest absolute Gasteiger partial charge is 0.249 e. The molecule has 0 bridgehead atoms. The average Bonchev–Trinajstić information content (AvgIpc) is 2.48. The van der Waals surface area contributed by atoms with Gasteiger partial charge >= 0.3 is 0 Å². The predicted octanol–water partition coefficient (Wildman–Crippen LogP) is 3.84. The molecule has 0 aromatic carbocycles. The summed E-state index contributed by atoms with van der Waals surface area (Å²) in [4.78, 5) is 0. The molecule has 0 aromatic heterocycles. The topological polar surface area (TPSA) is 0 Å². The quantitative estimate of drug-likeness (QED) is 0.668. The predicted molar refractivity (Wildman–Crippen MR) is 72.8 cm³/mol. The summed E-state index contributed by atoms with van der Waals surface area (Å²) in [5.41, 5.74) is 1.62. The minimum absolute atomic E-state index is 0.329. The van der Waals surface area contributed by atoms with E-state index in [-0.39, 0.29) is 10.0 Å². The molecule has 0 aromatic rings. The highest BCUT2D eigenvalue weighted by Gasteiger charge is 2.36. The molecule has 0 N–H and O–H groups in total. The maximum atomic E-state index is 2.47. The van der Waals surface area contributed by atoms with Crippen molar-refractivity contribution >= 4 is 10.0 Å². The summed E-state index contributed by atoms with van der Waals surface area (Å²) in [6.45, 7) is 2.31. The molecule has 0 spiro atoms. The van der Waals surface area contributed by atoms with Gasteiger partial charge < -0.3 is 0 Å². The molecule has 15 heavy (non-hydrogen) atoms. The van der Waals surface area contributed by atoms with Crippen molar-refractivity contribution in [3.8, 4) is 0 Å². The van der Waals surface area contributed by atoms with E-state index in [0.29, 0.717) is 0 Å². The van der Waals surface area contributed by atoms with Crippen molar-refractivity contribution in [1.29, 1.82) is 0 Å². The fourth-order valence-corrected chi connectivity index (χ4v) is 4.90. The van der Waals surface area contributed by atoms with E-state index >= 15 is 0 Å². The molecule has 86 valence electrons. The van der Waals surface area contributed by atoms with Gasteiger partial charge in [0.1, 0.15) is 0 Å². The van der Waals surface area contributed by atoms with Crippen LogP contribution in [0, 0.1) is 17.8 Å². The van der Waals surface area contributed by atoms with E-state index in [4.69, 9.17) is 0 Å². The SMILES string of the molecule is CC1=CC=CC2C(CS(C)(C)C)CCC12. The van der Waals surface area contributed by atoms with Crippen LogP contribution in [0.15, 0.2) is 23.8 Å². The van der Waals surface area contributed by atoms with E-state index in [0.717, 1.165) is 17.8 Å². The van der Waals surface area contributed by atoms with Crippen LogP contribution in [-0.2, 0) is 0 Å². The van der Waals surface area contributed by atoms with Crippen LogP contribution in [0.25, 0.3) is 0 Å². The molecule has 3 unspecified atom stereocenters. The van der Waals surface area contributed by atoms with Crippen molar-refractivity contribution in [2.75, 3.05) is 24.5 Å². The molecular formula is C14H24S. The Labute approximate surface area is 96.2 Å². The smallest absolute Gasteiger partial charge is 0.0129 e. The maximum Gasteiger partial charge on any atom is -0.0129 e. The van der Waals surface area contributed by atoms with Crippen molar-refractivity contribution in [2.45, 2.75) is 19.8 Å². The van der Waals surface area contributed by atoms with E-state index < -0.39 is 0 Å². The summed E-state index contributed by atoms with van der Waals surface area (Å²) in [7, 11) is -0.329. The molecule has 0 nitrogen and oxygen atoms in total. The van der Waals surface area contributed by atoms with E-state index in [2.05, 4.69) is 43.9 Å². The fraction of sp³-hybridized carbons (Fsp3) is 0.714. The molecule has 1 heteroatoms. The second-order valence-electron chi connectivity index (χ2n) is 6.07. The highest BCUT2D eigenvalue weighted by molar-refractivity contribution is 8.32. The molecule has 0 radical (unpaired) electrons. The third kappa shape index (κ3) is 2.50. The summed E-state index contributed by atoms with van der Waals surface area (Å²) in [6.07, 6.45) is 17.3. The van der Waals surface area contributed by atoms with Crippen molar-refractivity contribution in [3.63, 3.8) is 0 Å². The Balaban J connectivity index is 2.07. The van der Waals surface area contributed by atoms with Crippen LogP contribution in [0.4, 0.5) is 0 Å².